The van der Waals surface area contributed by atoms with Crippen LogP contribution in [0.3, 0.4) is 0 Å². The molecule has 4 nitrogen and oxygen atoms in total. The van der Waals surface area contributed by atoms with Gasteiger partial charge < -0.3 is 5.73 Å². The van der Waals surface area contributed by atoms with Crippen LogP contribution in [-0.2, 0) is 0 Å². The van der Waals surface area contributed by atoms with Crippen molar-refractivity contribution in [2.45, 2.75) is 38.6 Å². The number of nitrogens with zero attached hydrogens (tertiary/aromatic N) is 1. The highest BCUT2D eigenvalue weighted by molar-refractivity contribution is 6.30. The second-order valence-electron chi connectivity index (χ2n) is 4.06. The Morgan fingerprint density at radius 3 is 2.67 bits per heavy atom. The van der Waals surface area contributed by atoms with Gasteiger partial charge in [-0.15, -0.1) is 12.4 Å². The van der Waals surface area contributed by atoms with E-state index in [-0.39, 0.29) is 24.1 Å². The van der Waals surface area contributed by atoms with Crippen molar-refractivity contribution in [2.24, 2.45) is 5.73 Å². The lowest BCUT2D eigenvalue weighted by Gasteiger charge is -2.12. The van der Waals surface area contributed by atoms with E-state index < -0.39 is 4.92 Å². The van der Waals surface area contributed by atoms with E-state index in [4.69, 9.17) is 17.3 Å². The van der Waals surface area contributed by atoms with E-state index >= 15 is 0 Å². The van der Waals surface area contributed by atoms with Gasteiger partial charge in [-0.25, -0.2) is 0 Å². The van der Waals surface area contributed by atoms with Crippen molar-refractivity contribution in [3.8, 4) is 0 Å². The first-order chi connectivity index (χ1) is 8.06. The number of hydrogen-bond donors (Lipinski definition) is 1. The predicted molar refractivity (Wildman–Crippen MR) is 76.4 cm³/mol. The molecule has 0 aromatic heterocycles. The van der Waals surface area contributed by atoms with Crippen molar-refractivity contribution in [1.82, 2.24) is 0 Å². The zero-order valence-corrected chi connectivity index (χ0v) is 11.8. The van der Waals surface area contributed by atoms with Crippen molar-refractivity contribution in [1.29, 1.82) is 0 Å². The Bertz CT molecular complexity index is 400. The summed E-state index contributed by atoms with van der Waals surface area (Å²) in [6.07, 6.45) is 3.91. The maximum Gasteiger partial charge on any atom is 0.274 e. The van der Waals surface area contributed by atoms with E-state index in [2.05, 4.69) is 6.92 Å². The Balaban J connectivity index is 0.00000289. The summed E-state index contributed by atoms with van der Waals surface area (Å²) in [6.45, 7) is 2.10. The highest BCUT2D eigenvalue weighted by Crippen LogP contribution is 2.29. The van der Waals surface area contributed by atoms with Crippen LogP contribution in [0.5, 0.6) is 0 Å². The molecule has 0 heterocycles. The Morgan fingerprint density at radius 1 is 1.44 bits per heavy atom. The smallest absolute Gasteiger partial charge is 0.274 e. The summed E-state index contributed by atoms with van der Waals surface area (Å²) in [4.78, 5) is 10.5. The summed E-state index contributed by atoms with van der Waals surface area (Å²) in [6, 6.07) is 4.20. The van der Waals surface area contributed by atoms with E-state index in [9.17, 15) is 10.1 Å². The number of nitro benzene ring substituents is 1. The summed E-state index contributed by atoms with van der Waals surface area (Å²) in [7, 11) is 0. The van der Waals surface area contributed by atoms with Gasteiger partial charge in [0, 0.05) is 22.7 Å². The molecule has 0 bridgehead atoms. The third kappa shape index (κ3) is 4.80. The number of unbranched alkanes of at least 4 members (excludes halogenated alkanes) is 2. The molecule has 6 heteroatoms. The minimum atomic E-state index is -0.411. The molecular weight excluding hydrogens is 275 g/mol. The molecular formula is C12H18Cl2N2O2. The van der Waals surface area contributed by atoms with Crippen molar-refractivity contribution in [2.75, 3.05) is 0 Å². The number of nitrogens with two attached hydrogens (primary N) is 1. The van der Waals surface area contributed by atoms with Gasteiger partial charge >= 0.3 is 0 Å². The highest BCUT2D eigenvalue weighted by Gasteiger charge is 2.19. The largest absolute Gasteiger partial charge is 0.324 e. The first-order valence-electron chi connectivity index (χ1n) is 5.75. The number of hydrogen-bond acceptors (Lipinski definition) is 3. The monoisotopic (exact) mass is 292 g/mol. The predicted octanol–water partition coefficient (Wildman–Crippen LogP) is 4.25. The fraction of sp³-hybridized carbons (Fsp3) is 0.500. The van der Waals surface area contributed by atoms with E-state index in [1.54, 1.807) is 6.07 Å². The molecule has 102 valence electrons. The van der Waals surface area contributed by atoms with E-state index in [0.29, 0.717) is 10.6 Å². The number of halogens is 2. The van der Waals surface area contributed by atoms with Crippen molar-refractivity contribution < 1.29 is 4.92 Å². The van der Waals surface area contributed by atoms with Crippen LogP contribution < -0.4 is 5.73 Å². The van der Waals surface area contributed by atoms with Crippen LogP contribution in [0, 0.1) is 10.1 Å². The van der Waals surface area contributed by atoms with Gasteiger partial charge in [-0.3, -0.25) is 10.1 Å². The summed E-state index contributed by atoms with van der Waals surface area (Å²) < 4.78 is 0. The zero-order valence-electron chi connectivity index (χ0n) is 10.3. The number of benzene rings is 1. The van der Waals surface area contributed by atoms with Crippen LogP contribution in [0.15, 0.2) is 18.2 Å². The van der Waals surface area contributed by atoms with Crippen molar-refractivity contribution >= 4 is 29.7 Å². The van der Waals surface area contributed by atoms with Crippen molar-refractivity contribution in [3.63, 3.8) is 0 Å². The molecule has 0 aliphatic rings. The van der Waals surface area contributed by atoms with Crippen LogP contribution in [0.1, 0.15) is 44.2 Å². The molecule has 0 saturated carbocycles. The molecule has 2 N–H and O–H groups in total. The Kier molecular flexibility index (Phi) is 7.91. The topological polar surface area (TPSA) is 69.2 Å². The average molecular weight is 293 g/mol. The molecule has 1 rings (SSSR count). The van der Waals surface area contributed by atoms with Crippen LogP contribution in [0.25, 0.3) is 0 Å². The molecule has 0 aliphatic heterocycles. The summed E-state index contributed by atoms with van der Waals surface area (Å²) >= 11 is 5.85. The summed E-state index contributed by atoms with van der Waals surface area (Å²) in [5.74, 6) is 0. The highest BCUT2D eigenvalue weighted by atomic mass is 35.5. The SMILES string of the molecule is CCCCC[C@H](N)c1cc(Cl)ccc1[N+](=O)[O-].Cl. The molecule has 1 aromatic rings. The van der Waals surface area contributed by atoms with Gasteiger partial charge in [0.05, 0.1) is 4.92 Å². The van der Waals surface area contributed by atoms with Gasteiger partial charge in [-0.05, 0) is 18.6 Å². The second-order valence-corrected chi connectivity index (χ2v) is 4.50. The lowest BCUT2D eigenvalue weighted by Crippen LogP contribution is -2.12. The molecule has 1 aromatic carbocycles. The minimum absolute atomic E-state index is 0. The van der Waals surface area contributed by atoms with Crippen molar-refractivity contribution in [3.05, 3.63) is 38.9 Å². The molecule has 0 saturated heterocycles. The fourth-order valence-corrected chi connectivity index (χ4v) is 1.94. The lowest BCUT2D eigenvalue weighted by atomic mass is 10.00. The van der Waals surface area contributed by atoms with Crippen LogP contribution >= 0.6 is 24.0 Å². The Morgan fingerprint density at radius 2 is 2.11 bits per heavy atom. The van der Waals surface area contributed by atoms with Gasteiger partial charge in [0.2, 0.25) is 0 Å². The first-order valence-corrected chi connectivity index (χ1v) is 6.13. The third-order valence-electron chi connectivity index (χ3n) is 2.70. The Labute approximate surface area is 118 Å². The molecule has 1 atom stereocenters. The van der Waals surface area contributed by atoms with Gasteiger partial charge in [-0.2, -0.15) is 0 Å². The van der Waals surface area contributed by atoms with Crippen LogP contribution in [0.2, 0.25) is 5.02 Å². The first kappa shape index (κ1) is 17.2. The summed E-state index contributed by atoms with van der Waals surface area (Å²) in [5.41, 5.74) is 6.56. The van der Waals surface area contributed by atoms with E-state index in [1.807, 2.05) is 0 Å². The number of rotatable bonds is 6. The molecule has 0 fully saturated rings. The van der Waals surface area contributed by atoms with Crippen LogP contribution in [-0.4, -0.2) is 4.92 Å². The Hall–Kier alpha value is -0.840. The summed E-state index contributed by atoms with van der Waals surface area (Å²) in [5, 5.41) is 11.4. The lowest BCUT2D eigenvalue weighted by molar-refractivity contribution is -0.385. The van der Waals surface area contributed by atoms with Gasteiger partial charge in [0.15, 0.2) is 0 Å². The zero-order chi connectivity index (χ0) is 12.8. The molecule has 0 aliphatic carbocycles. The van der Waals surface area contributed by atoms with Gasteiger partial charge in [0.1, 0.15) is 0 Å². The average Bonchev–Trinajstić information content (AvgIpc) is 2.28. The number of nitro groups is 1. The second kappa shape index (κ2) is 8.29. The molecule has 0 spiro atoms. The quantitative estimate of drug-likeness (QED) is 0.484. The molecule has 0 amide bonds. The maximum absolute atomic E-state index is 10.9. The van der Waals surface area contributed by atoms with E-state index in [1.165, 1.54) is 12.1 Å². The van der Waals surface area contributed by atoms with Crippen LogP contribution in [0.4, 0.5) is 5.69 Å². The molecule has 0 unspecified atom stereocenters. The standard InChI is InChI=1S/C12H17ClN2O2.ClH/c1-2-3-4-5-11(14)10-8-9(13)6-7-12(10)15(16)17;/h6-8,11H,2-5,14H2,1H3;1H/t11-;/m0./s1. The maximum atomic E-state index is 10.9. The minimum Gasteiger partial charge on any atom is -0.324 e. The molecule has 0 radical (unpaired) electrons. The van der Waals surface area contributed by atoms with Gasteiger partial charge in [-0.1, -0.05) is 37.8 Å². The fourth-order valence-electron chi connectivity index (χ4n) is 1.76. The third-order valence-corrected chi connectivity index (χ3v) is 2.94. The van der Waals surface area contributed by atoms with Gasteiger partial charge in [0.25, 0.3) is 5.69 Å². The molecule has 18 heavy (non-hydrogen) atoms. The van der Waals surface area contributed by atoms with E-state index in [0.717, 1.165) is 25.7 Å². The normalized spacial score (nSPS) is 11.7.